The maximum Gasteiger partial charge on any atom is 0.150 e. The van der Waals surface area contributed by atoms with Gasteiger partial charge in [-0.2, -0.15) is 0 Å². The summed E-state index contributed by atoms with van der Waals surface area (Å²) in [7, 11) is 0. The van der Waals surface area contributed by atoms with Crippen LogP contribution in [0.4, 0.5) is 0 Å². The number of carbonyl (C=O) groups excluding carboxylic acids is 1. The molecule has 0 N–H and O–H groups in total. The van der Waals surface area contributed by atoms with Crippen molar-refractivity contribution in [2.75, 3.05) is 6.61 Å². The van der Waals surface area contributed by atoms with Crippen molar-refractivity contribution in [2.24, 2.45) is 0 Å². The first-order valence-corrected chi connectivity index (χ1v) is 9.10. The van der Waals surface area contributed by atoms with Crippen molar-refractivity contribution in [3.8, 4) is 16.9 Å². The number of ether oxygens (including phenoxy) is 1. The average molecular weight is 345 g/mol. The highest BCUT2D eigenvalue weighted by atomic mass is 35.5. The minimum absolute atomic E-state index is 0.623. The van der Waals surface area contributed by atoms with Crippen molar-refractivity contribution < 1.29 is 9.53 Å². The summed E-state index contributed by atoms with van der Waals surface area (Å²) in [6.07, 6.45) is 8.30. The molecule has 0 amide bonds. The molecule has 2 nitrogen and oxygen atoms in total. The van der Waals surface area contributed by atoms with Crippen LogP contribution in [0.1, 0.15) is 55.8 Å². The summed E-state index contributed by atoms with van der Waals surface area (Å²) in [6, 6.07) is 13.3. The SMILES string of the molecule is CCCCCCCCOc1ccc(-c2ccc(C=O)cc2)cc1Cl. The van der Waals surface area contributed by atoms with Crippen LogP contribution in [0.25, 0.3) is 11.1 Å². The Morgan fingerprint density at radius 1 is 0.917 bits per heavy atom. The first-order valence-electron chi connectivity index (χ1n) is 8.72. The van der Waals surface area contributed by atoms with Crippen LogP contribution in [0.15, 0.2) is 42.5 Å². The number of carbonyl (C=O) groups is 1. The highest BCUT2D eigenvalue weighted by Crippen LogP contribution is 2.30. The first kappa shape index (κ1) is 18.5. The van der Waals surface area contributed by atoms with Gasteiger partial charge in [0.05, 0.1) is 11.6 Å². The average Bonchev–Trinajstić information content (AvgIpc) is 2.62. The molecular formula is C21H25ClO2. The zero-order valence-electron chi connectivity index (χ0n) is 14.3. The molecule has 0 aliphatic carbocycles. The summed E-state index contributed by atoms with van der Waals surface area (Å²) in [6.45, 7) is 2.94. The van der Waals surface area contributed by atoms with E-state index in [0.717, 1.165) is 29.6 Å². The monoisotopic (exact) mass is 344 g/mol. The number of hydrogen-bond acceptors (Lipinski definition) is 2. The van der Waals surface area contributed by atoms with Crippen molar-refractivity contribution >= 4 is 17.9 Å². The summed E-state index contributed by atoms with van der Waals surface area (Å²) in [5, 5.41) is 0.623. The molecule has 0 spiro atoms. The lowest BCUT2D eigenvalue weighted by molar-refractivity contribution is 0.112. The van der Waals surface area contributed by atoms with Gasteiger partial charge in [0, 0.05) is 5.56 Å². The van der Waals surface area contributed by atoms with Crippen molar-refractivity contribution in [2.45, 2.75) is 45.4 Å². The van der Waals surface area contributed by atoms with Gasteiger partial charge in [-0.15, -0.1) is 0 Å². The zero-order chi connectivity index (χ0) is 17.2. The van der Waals surface area contributed by atoms with E-state index < -0.39 is 0 Å². The molecule has 0 atom stereocenters. The molecule has 0 saturated carbocycles. The van der Waals surface area contributed by atoms with Gasteiger partial charge in [-0.05, 0) is 29.7 Å². The molecule has 0 bridgehead atoms. The number of unbranched alkanes of at least 4 members (excludes halogenated alkanes) is 5. The van der Waals surface area contributed by atoms with E-state index in [1.165, 1.54) is 32.1 Å². The van der Waals surface area contributed by atoms with Gasteiger partial charge in [-0.1, -0.05) is 81.0 Å². The Bertz CT molecular complexity index is 635. The maximum atomic E-state index is 10.7. The van der Waals surface area contributed by atoms with E-state index in [2.05, 4.69) is 6.92 Å². The Morgan fingerprint density at radius 2 is 1.58 bits per heavy atom. The van der Waals surface area contributed by atoms with Crippen LogP contribution in [-0.2, 0) is 0 Å². The fraction of sp³-hybridized carbons (Fsp3) is 0.381. The third kappa shape index (κ3) is 5.68. The van der Waals surface area contributed by atoms with E-state index >= 15 is 0 Å². The van der Waals surface area contributed by atoms with E-state index in [9.17, 15) is 4.79 Å². The molecule has 0 heterocycles. The second-order valence-corrected chi connectivity index (χ2v) is 6.41. The highest BCUT2D eigenvalue weighted by molar-refractivity contribution is 6.32. The van der Waals surface area contributed by atoms with Crippen LogP contribution in [0.2, 0.25) is 5.02 Å². The number of benzene rings is 2. The molecule has 2 aromatic carbocycles. The van der Waals surface area contributed by atoms with E-state index in [-0.39, 0.29) is 0 Å². The van der Waals surface area contributed by atoms with Crippen LogP contribution in [0.3, 0.4) is 0 Å². The molecule has 24 heavy (non-hydrogen) atoms. The Morgan fingerprint density at radius 3 is 2.25 bits per heavy atom. The molecule has 0 radical (unpaired) electrons. The lowest BCUT2D eigenvalue weighted by atomic mass is 10.0. The number of rotatable bonds is 10. The molecule has 128 valence electrons. The Hall–Kier alpha value is -1.80. The maximum absolute atomic E-state index is 10.7. The minimum Gasteiger partial charge on any atom is -0.492 e. The smallest absolute Gasteiger partial charge is 0.150 e. The quantitative estimate of drug-likeness (QED) is 0.360. The lowest BCUT2D eigenvalue weighted by Gasteiger charge is -2.10. The molecular weight excluding hydrogens is 320 g/mol. The minimum atomic E-state index is 0.623. The molecule has 3 heteroatoms. The van der Waals surface area contributed by atoms with Gasteiger partial charge in [0.2, 0.25) is 0 Å². The lowest BCUT2D eigenvalue weighted by Crippen LogP contribution is -1.98. The molecule has 0 fully saturated rings. The normalized spacial score (nSPS) is 10.6. The summed E-state index contributed by atoms with van der Waals surface area (Å²) in [4.78, 5) is 10.7. The fourth-order valence-electron chi connectivity index (χ4n) is 2.62. The number of aldehydes is 1. The van der Waals surface area contributed by atoms with E-state index in [1.54, 1.807) is 12.1 Å². The first-order chi connectivity index (χ1) is 11.7. The standard InChI is InChI=1S/C21H25ClO2/c1-2-3-4-5-6-7-14-24-21-13-12-19(15-20(21)22)18-10-8-17(16-23)9-11-18/h8-13,15-16H,2-7,14H2,1H3. The second kappa shape index (κ2) is 10.1. The molecule has 2 rings (SSSR count). The van der Waals surface area contributed by atoms with E-state index in [1.807, 2.05) is 30.3 Å². The Balaban J connectivity index is 1.86. The molecule has 2 aromatic rings. The number of hydrogen-bond donors (Lipinski definition) is 0. The van der Waals surface area contributed by atoms with Gasteiger partial charge in [-0.3, -0.25) is 4.79 Å². The number of halogens is 1. The summed E-state index contributed by atoms with van der Waals surface area (Å²) < 4.78 is 5.79. The summed E-state index contributed by atoms with van der Waals surface area (Å²) in [5.41, 5.74) is 2.72. The van der Waals surface area contributed by atoms with Gasteiger partial charge in [0.25, 0.3) is 0 Å². The Kier molecular flexibility index (Phi) is 7.84. The summed E-state index contributed by atoms with van der Waals surface area (Å²) in [5.74, 6) is 0.735. The van der Waals surface area contributed by atoms with Gasteiger partial charge < -0.3 is 4.74 Å². The molecule has 0 saturated heterocycles. The van der Waals surface area contributed by atoms with Crippen LogP contribution >= 0.6 is 11.6 Å². The molecule has 0 aliphatic rings. The van der Waals surface area contributed by atoms with Gasteiger partial charge in [0.1, 0.15) is 12.0 Å². The van der Waals surface area contributed by atoms with E-state index in [4.69, 9.17) is 16.3 Å². The largest absolute Gasteiger partial charge is 0.492 e. The van der Waals surface area contributed by atoms with Crippen molar-refractivity contribution in [3.05, 3.63) is 53.1 Å². The highest BCUT2D eigenvalue weighted by Gasteiger charge is 2.05. The molecule has 0 aromatic heterocycles. The van der Waals surface area contributed by atoms with Crippen LogP contribution in [0, 0.1) is 0 Å². The fourth-order valence-corrected chi connectivity index (χ4v) is 2.85. The van der Waals surface area contributed by atoms with Crippen molar-refractivity contribution in [3.63, 3.8) is 0 Å². The topological polar surface area (TPSA) is 26.3 Å². The van der Waals surface area contributed by atoms with Gasteiger partial charge in [-0.25, -0.2) is 0 Å². The second-order valence-electron chi connectivity index (χ2n) is 6.00. The third-order valence-electron chi connectivity index (χ3n) is 4.07. The zero-order valence-corrected chi connectivity index (χ0v) is 15.0. The predicted octanol–water partition coefficient (Wildman–Crippen LogP) is 6.56. The van der Waals surface area contributed by atoms with Gasteiger partial charge >= 0.3 is 0 Å². The molecule has 0 unspecified atom stereocenters. The van der Waals surface area contributed by atoms with E-state index in [0.29, 0.717) is 17.2 Å². The molecule has 0 aliphatic heterocycles. The van der Waals surface area contributed by atoms with Crippen LogP contribution in [-0.4, -0.2) is 12.9 Å². The Labute approximate surface area is 149 Å². The van der Waals surface area contributed by atoms with Crippen molar-refractivity contribution in [1.29, 1.82) is 0 Å². The summed E-state index contributed by atoms with van der Waals surface area (Å²) >= 11 is 6.34. The third-order valence-corrected chi connectivity index (χ3v) is 4.36. The van der Waals surface area contributed by atoms with Crippen molar-refractivity contribution in [1.82, 2.24) is 0 Å². The van der Waals surface area contributed by atoms with Crippen LogP contribution < -0.4 is 4.74 Å². The predicted molar refractivity (Wildman–Crippen MR) is 101 cm³/mol. The van der Waals surface area contributed by atoms with Crippen LogP contribution in [0.5, 0.6) is 5.75 Å². The van der Waals surface area contributed by atoms with Gasteiger partial charge in [0.15, 0.2) is 0 Å².